The van der Waals surface area contributed by atoms with Gasteiger partial charge in [0.25, 0.3) is 0 Å². The van der Waals surface area contributed by atoms with Crippen LogP contribution in [-0.4, -0.2) is 30.5 Å². The van der Waals surface area contributed by atoms with Gasteiger partial charge in [-0.15, -0.1) is 0 Å². The summed E-state index contributed by atoms with van der Waals surface area (Å²) in [7, 11) is 1.59. The highest BCUT2D eigenvalue weighted by molar-refractivity contribution is 7.22. The first-order valence-electron chi connectivity index (χ1n) is 9.07. The van der Waals surface area contributed by atoms with Crippen molar-refractivity contribution in [3.05, 3.63) is 48.5 Å². The van der Waals surface area contributed by atoms with E-state index in [-0.39, 0.29) is 31.1 Å². The van der Waals surface area contributed by atoms with E-state index in [2.05, 4.69) is 16.4 Å². The number of carbonyl (C=O) groups is 2. The van der Waals surface area contributed by atoms with E-state index >= 15 is 0 Å². The molecule has 0 aliphatic carbocycles. The van der Waals surface area contributed by atoms with Crippen LogP contribution in [0, 0.1) is 11.3 Å². The molecule has 0 atom stereocenters. The van der Waals surface area contributed by atoms with E-state index in [4.69, 9.17) is 10.00 Å². The van der Waals surface area contributed by atoms with Crippen molar-refractivity contribution in [2.24, 2.45) is 0 Å². The molecule has 2 aromatic carbocycles. The van der Waals surface area contributed by atoms with Crippen molar-refractivity contribution in [1.29, 1.82) is 5.26 Å². The Hall–Kier alpha value is -3.44. The molecule has 0 radical (unpaired) electrons. The molecule has 0 fully saturated rings. The normalized spacial score (nSPS) is 10.3. The maximum Gasteiger partial charge on any atom is 0.227 e. The number of carbonyl (C=O) groups excluding carboxylic acids is 2. The third kappa shape index (κ3) is 5.30. The van der Waals surface area contributed by atoms with E-state index in [0.29, 0.717) is 17.4 Å². The minimum absolute atomic E-state index is 0.0357. The summed E-state index contributed by atoms with van der Waals surface area (Å²) in [6, 6.07) is 16.7. The number of fused-ring (bicyclic) bond motifs is 1. The summed E-state index contributed by atoms with van der Waals surface area (Å²) >= 11 is 1.35. The molecule has 2 amide bonds. The summed E-state index contributed by atoms with van der Waals surface area (Å²) in [5.41, 5.74) is 1.49. The molecule has 0 saturated carbocycles. The molecular formula is C21H20N4O3S. The lowest BCUT2D eigenvalue weighted by molar-refractivity contribution is -0.122. The van der Waals surface area contributed by atoms with Crippen LogP contribution < -0.4 is 15.0 Å². The number of thiazole rings is 1. The van der Waals surface area contributed by atoms with Gasteiger partial charge in [-0.3, -0.25) is 9.59 Å². The van der Waals surface area contributed by atoms with Gasteiger partial charge in [0, 0.05) is 25.1 Å². The Kier molecular flexibility index (Phi) is 6.76. The topological polar surface area (TPSA) is 95.3 Å². The van der Waals surface area contributed by atoms with Gasteiger partial charge in [-0.2, -0.15) is 5.26 Å². The molecule has 8 heteroatoms. The van der Waals surface area contributed by atoms with E-state index < -0.39 is 0 Å². The van der Waals surface area contributed by atoms with Gasteiger partial charge in [-0.1, -0.05) is 29.5 Å². The molecule has 0 spiro atoms. The Morgan fingerprint density at radius 1 is 1.21 bits per heavy atom. The molecule has 3 rings (SSSR count). The molecule has 1 heterocycles. The first kappa shape index (κ1) is 20.3. The van der Waals surface area contributed by atoms with E-state index in [9.17, 15) is 9.59 Å². The third-order valence-corrected chi connectivity index (χ3v) is 5.16. The second-order valence-corrected chi connectivity index (χ2v) is 7.22. The summed E-state index contributed by atoms with van der Waals surface area (Å²) in [6.07, 6.45) is 0.306. The highest BCUT2D eigenvalue weighted by atomic mass is 32.1. The fourth-order valence-electron chi connectivity index (χ4n) is 2.79. The number of methoxy groups -OCH3 is 1. The highest BCUT2D eigenvalue weighted by Crippen LogP contribution is 2.29. The van der Waals surface area contributed by atoms with Crippen LogP contribution in [0.4, 0.5) is 10.8 Å². The first-order chi connectivity index (χ1) is 14.1. The summed E-state index contributed by atoms with van der Waals surface area (Å²) in [5, 5.41) is 12.1. The quantitative estimate of drug-likeness (QED) is 0.608. The molecule has 0 bridgehead atoms. The average molecular weight is 408 g/mol. The average Bonchev–Trinajstić information content (AvgIpc) is 3.14. The van der Waals surface area contributed by atoms with Crippen LogP contribution in [0.3, 0.4) is 0 Å². The smallest absolute Gasteiger partial charge is 0.227 e. The predicted molar refractivity (Wildman–Crippen MR) is 113 cm³/mol. The van der Waals surface area contributed by atoms with Gasteiger partial charge < -0.3 is 15.0 Å². The Bertz CT molecular complexity index is 1040. The van der Waals surface area contributed by atoms with Crippen molar-refractivity contribution >= 4 is 44.2 Å². The summed E-state index contributed by atoms with van der Waals surface area (Å²) in [6.45, 7) is 0.292. The number of amides is 2. The van der Waals surface area contributed by atoms with E-state index in [1.54, 1.807) is 12.0 Å². The van der Waals surface area contributed by atoms with Crippen molar-refractivity contribution in [2.45, 2.75) is 19.3 Å². The number of para-hydroxylation sites is 1. The van der Waals surface area contributed by atoms with E-state index in [0.717, 1.165) is 16.0 Å². The largest absolute Gasteiger partial charge is 0.497 e. The van der Waals surface area contributed by atoms with Gasteiger partial charge in [-0.05, 0) is 30.3 Å². The molecule has 0 aliphatic heterocycles. The third-order valence-electron chi connectivity index (χ3n) is 4.22. The number of aromatic nitrogens is 1. The molecule has 0 aliphatic rings. The highest BCUT2D eigenvalue weighted by Gasteiger charge is 2.17. The molecule has 0 unspecified atom stereocenters. The molecule has 1 N–H and O–H groups in total. The summed E-state index contributed by atoms with van der Waals surface area (Å²) in [5.74, 6) is 0.247. The second kappa shape index (κ2) is 9.66. The predicted octanol–water partition coefficient (Wildman–Crippen LogP) is 3.97. The molecular weight excluding hydrogens is 388 g/mol. The number of anilines is 2. The van der Waals surface area contributed by atoms with Crippen molar-refractivity contribution in [3.63, 3.8) is 0 Å². The molecule has 148 valence electrons. The second-order valence-electron chi connectivity index (χ2n) is 6.19. The number of hydrogen-bond acceptors (Lipinski definition) is 6. The molecule has 1 aromatic heterocycles. The number of rotatable bonds is 8. The van der Waals surface area contributed by atoms with Crippen molar-refractivity contribution < 1.29 is 14.3 Å². The van der Waals surface area contributed by atoms with Crippen LogP contribution in [-0.2, 0) is 9.59 Å². The standard InChI is InChI=1S/C21H20N4O3S/c1-28-16-8-9-17-18(14-16)29-21(23-17)24-19(26)10-11-20(27)25(13-5-12-22)15-6-3-2-4-7-15/h2-4,6-9,14H,5,10-11,13H2,1H3,(H,23,24,26). The van der Waals surface area contributed by atoms with Crippen LogP contribution in [0.5, 0.6) is 5.75 Å². The lowest BCUT2D eigenvalue weighted by atomic mass is 10.2. The van der Waals surface area contributed by atoms with Crippen LogP contribution >= 0.6 is 11.3 Å². The summed E-state index contributed by atoms with van der Waals surface area (Å²) < 4.78 is 6.10. The van der Waals surface area contributed by atoms with Crippen LogP contribution in [0.15, 0.2) is 48.5 Å². The van der Waals surface area contributed by atoms with Crippen LogP contribution in [0.2, 0.25) is 0 Å². The zero-order valence-electron chi connectivity index (χ0n) is 15.9. The van der Waals surface area contributed by atoms with Crippen molar-refractivity contribution in [2.75, 3.05) is 23.9 Å². The first-order valence-corrected chi connectivity index (χ1v) is 9.89. The zero-order chi connectivity index (χ0) is 20.6. The lowest BCUT2D eigenvalue weighted by Gasteiger charge is -2.21. The van der Waals surface area contributed by atoms with Crippen LogP contribution in [0.25, 0.3) is 10.2 Å². The van der Waals surface area contributed by atoms with Gasteiger partial charge in [-0.25, -0.2) is 4.98 Å². The van der Waals surface area contributed by atoms with Gasteiger partial charge in [0.1, 0.15) is 5.75 Å². The maximum atomic E-state index is 12.6. The minimum Gasteiger partial charge on any atom is -0.497 e. The number of nitriles is 1. The van der Waals surface area contributed by atoms with E-state index in [1.165, 1.54) is 11.3 Å². The van der Waals surface area contributed by atoms with Gasteiger partial charge in [0.2, 0.25) is 11.8 Å². The fourth-order valence-corrected chi connectivity index (χ4v) is 3.70. The van der Waals surface area contributed by atoms with Crippen molar-refractivity contribution in [3.8, 4) is 11.8 Å². The Labute approximate surface area is 172 Å². The Balaban J connectivity index is 1.60. The number of nitrogens with one attached hydrogen (secondary N) is 1. The number of nitrogens with zero attached hydrogens (tertiary/aromatic N) is 3. The molecule has 7 nitrogen and oxygen atoms in total. The molecule has 0 saturated heterocycles. The van der Waals surface area contributed by atoms with Gasteiger partial charge >= 0.3 is 0 Å². The Morgan fingerprint density at radius 3 is 2.72 bits per heavy atom. The van der Waals surface area contributed by atoms with E-state index in [1.807, 2.05) is 48.5 Å². The molecule has 3 aromatic rings. The van der Waals surface area contributed by atoms with Gasteiger partial charge in [0.05, 0.1) is 29.8 Å². The van der Waals surface area contributed by atoms with Gasteiger partial charge in [0.15, 0.2) is 5.13 Å². The number of ether oxygens (including phenoxy) is 1. The number of benzene rings is 2. The zero-order valence-corrected chi connectivity index (χ0v) is 16.7. The maximum absolute atomic E-state index is 12.6. The van der Waals surface area contributed by atoms with Crippen LogP contribution in [0.1, 0.15) is 19.3 Å². The minimum atomic E-state index is -0.280. The fraction of sp³-hybridized carbons (Fsp3) is 0.238. The number of hydrogen-bond donors (Lipinski definition) is 1. The Morgan fingerprint density at radius 2 is 2.00 bits per heavy atom. The van der Waals surface area contributed by atoms with Crippen molar-refractivity contribution in [1.82, 2.24) is 4.98 Å². The molecule has 29 heavy (non-hydrogen) atoms. The lowest BCUT2D eigenvalue weighted by Crippen LogP contribution is -2.32. The SMILES string of the molecule is COc1ccc2nc(NC(=O)CCC(=O)N(CCC#N)c3ccccc3)sc2c1. The monoisotopic (exact) mass is 408 g/mol. The summed E-state index contributed by atoms with van der Waals surface area (Å²) in [4.78, 5) is 30.8.